The number of ether oxygens (including phenoxy) is 1. The highest BCUT2D eigenvalue weighted by atomic mass is 79.9. The zero-order valence-corrected chi connectivity index (χ0v) is 13.2. The molecule has 0 saturated heterocycles. The van der Waals surface area contributed by atoms with E-state index < -0.39 is 6.10 Å². The second-order valence-corrected chi connectivity index (χ2v) is 6.31. The van der Waals surface area contributed by atoms with E-state index in [0.717, 1.165) is 25.7 Å². The van der Waals surface area contributed by atoms with E-state index in [1.807, 2.05) is 35.7 Å². The molecular formula is C16H13BrO2S. The highest BCUT2D eigenvalue weighted by Gasteiger charge is 2.18. The Hall–Kier alpha value is -1.36. The molecular weight excluding hydrogens is 336 g/mol. The van der Waals surface area contributed by atoms with Crippen LogP contribution in [-0.4, -0.2) is 12.2 Å². The van der Waals surface area contributed by atoms with Crippen molar-refractivity contribution in [2.24, 2.45) is 0 Å². The van der Waals surface area contributed by atoms with Crippen LogP contribution in [0.1, 0.15) is 17.2 Å². The third-order valence-corrected chi connectivity index (χ3v) is 4.77. The molecule has 4 heteroatoms. The molecule has 0 fully saturated rings. The Balaban J connectivity index is 2.13. The Morgan fingerprint density at radius 1 is 1.15 bits per heavy atom. The SMILES string of the molecule is COc1cc(Br)ccc1C(O)c1cccc2ccsc12. The van der Waals surface area contributed by atoms with Crippen LogP contribution in [0.25, 0.3) is 10.1 Å². The van der Waals surface area contributed by atoms with E-state index in [9.17, 15) is 5.11 Å². The first-order valence-corrected chi connectivity index (χ1v) is 7.85. The van der Waals surface area contributed by atoms with E-state index in [4.69, 9.17) is 4.74 Å². The average Bonchev–Trinajstić information content (AvgIpc) is 2.94. The molecule has 20 heavy (non-hydrogen) atoms. The molecule has 102 valence electrons. The number of methoxy groups -OCH3 is 1. The fraction of sp³-hybridized carbons (Fsp3) is 0.125. The summed E-state index contributed by atoms with van der Waals surface area (Å²) in [5.74, 6) is 0.681. The second-order valence-electron chi connectivity index (χ2n) is 4.48. The van der Waals surface area contributed by atoms with Crippen molar-refractivity contribution in [1.82, 2.24) is 0 Å². The van der Waals surface area contributed by atoms with Gasteiger partial charge < -0.3 is 9.84 Å². The Kier molecular flexibility index (Phi) is 3.78. The fourth-order valence-electron chi connectivity index (χ4n) is 2.31. The fourth-order valence-corrected chi connectivity index (χ4v) is 3.59. The lowest BCUT2D eigenvalue weighted by atomic mass is 9.99. The summed E-state index contributed by atoms with van der Waals surface area (Å²) in [5, 5.41) is 13.9. The third-order valence-electron chi connectivity index (χ3n) is 3.29. The maximum Gasteiger partial charge on any atom is 0.126 e. The summed E-state index contributed by atoms with van der Waals surface area (Å²) in [5.41, 5.74) is 1.69. The van der Waals surface area contributed by atoms with Gasteiger partial charge in [0.25, 0.3) is 0 Å². The first kappa shape index (κ1) is 13.6. The van der Waals surface area contributed by atoms with E-state index in [-0.39, 0.29) is 0 Å². The Morgan fingerprint density at radius 3 is 2.80 bits per heavy atom. The number of hydrogen-bond donors (Lipinski definition) is 1. The Bertz CT molecular complexity index is 751. The molecule has 1 atom stereocenters. The molecule has 3 rings (SSSR count). The summed E-state index contributed by atoms with van der Waals surface area (Å²) in [7, 11) is 1.61. The zero-order chi connectivity index (χ0) is 14.1. The number of hydrogen-bond acceptors (Lipinski definition) is 3. The summed E-state index contributed by atoms with van der Waals surface area (Å²) in [6, 6.07) is 13.7. The lowest BCUT2D eigenvalue weighted by molar-refractivity contribution is 0.216. The van der Waals surface area contributed by atoms with Crippen LogP contribution in [0.5, 0.6) is 5.75 Å². The largest absolute Gasteiger partial charge is 0.496 e. The monoisotopic (exact) mass is 348 g/mol. The lowest BCUT2D eigenvalue weighted by Crippen LogP contribution is -2.02. The molecule has 0 aliphatic carbocycles. The summed E-state index contributed by atoms with van der Waals surface area (Å²) < 4.78 is 7.42. The van der Waals surface area contributed by atoms with Crippen molar-refractivity contribution >= 4 is 37.4 Å². The predicted molar refractivity (Wildman–Crippen MR) is 86.6 cm³/mol. The average molecular weight is 349 g/mol. The summed E-state index contributed by atoms with van der Waals surface area (Å²) in [4.78, 5) is 0. The summed E-state index contributed by atoms with van der Waals surface area (Å²) in [6.45, 7) is 0. The number of aliphatic hydroxyl groups is 1. The van der Waals surface area contributed by atoms with Gasteiger partial charge in [-0.1, -0.05) is 40.2 Å². The predicted octanol–water partition coefficient (Wildman–Crippen LogP) is 4.75. The molecule has 1 heterocycles. The van der Waals surface area contributed by atoms with E-state index in [0.29, 0.717) is 5.75 Å². The zero-order valence-electron chi connectivity index (χ0n) is 10.8. The molecule has 0 saturated carbocycles. The maximum atomic E-state index is 10.7. The van der Waals surface area contributed by atoms with Crippen LogP contribution < -0.4 is 4.74 Å². The standard InChI is InChI=1S/C16H13BrO2S/c1-19-14-9-11(17)5-6-12(14)15(18)13-4-2-3-10-7-8-20-16(10)13/h2-9,15,18H,1H3. The van der Waals surface area contributed by atoms with Crippen LogP contribution in [0.4, 0.5) is 0 Å². The van der Waals surface area contributed by atoms with Crippen molar-refractivity contribution < 1.29 is 9.84 Å². The molecule has 2 nitrogen and oxygen atoms in total. The van der Waals surface area contributed by atoms with Gasteiger partial charge in [0.15, 0.2) is 0 Å². The van der Waals surface area contributed by atoms with Gasteiger partial charge in [-0.05, 0) is 29.0 Å². The van der Waals surface area contributed by atoms with Gasteiger partial charge in [0.2, 0.25) is 0 Å². The summed E-state index contributed by atoms with van der Waals surface area (Å²) >= 11 is 5.06. The minimum atomic E-state index is -0.694. The van der Waals surface area contributed by atoms with Gasteiger partial charge in [-0.2, -0.15) is 0 Å². The smallest absolute Gasteiger partial charge is 0.126 e. The lowest BCUT2D eigenvalue weighted by Gasteiger charge is -2.16. The normalized spacial score (nSPS) is 12.6. The molecule has 1 N–H and O–H groups in total. The number of fused-ring (bicyclic) bond motifs is 1. The number of rotatable bonds is 3. The van der Waals surface area contributed by atoms with E-state index in [1.54, 1.807) is 18.4 Å². The first-order chi connectivity index (χ1) is 9.70. The van der Waals surface area contributed by atoms with Gasteiger partial charge >= 0.3 is 0 Å². The van der Waals surface area contributed by atoms with E-state index in [2.05, 4.69) is 28.1 Å². The van der Waals surface area contributed by atoms with Crippen molar-refractivity contribution in [3.63, 3.8) is 0 Å². The Morgan fingerprint density at radius 2 is 2.00 bits per heavy atom. The van der Waals surface area contributed by atoms with Crippen molar-refractivity contribution in [3.05, 3.63) is 63.4 Å². The van der Waals surface area contributed by atoms with Crippen LogP contribution in [0, 0.1) is 0 Å². The van der Waals surface area contributed by atoms with Gasteiger partial charge in [0.1, 0.15) is 11.9 Å². The Labute approximate surface area is 129 Å². The molecule has 0 aliphatic heterocycles. The van der Waals surface area contributed by atoms with Crippen molar-refractivity contribution in [2.45, 2.75) is 6.10 Å². The molecule has 0 amide bonds. The molecule has 1 aromatic heterocycles. The van der Waals surface area contributed by atoms with Crippen LogP contribution in [0.15, 0.2) is 52.3 Å². The molecule has 0 radical (unpaired) electrons. The second kappa shape index (κ2) is 5.56. The van der Waals surface area contributed by atoms with Crippen molar-refractivity contribution in [1.29, 1.82) is 0 Å². The van der Waals surface area contributed by atoms with Gasteiger partial charge in [0.05, 0.1) is 7.11 Å². The maximum absolute atomic E-state index is 10.7. The van der Waals surface area contributed by atoms with Crippen molar-refractivity contribution in [3.8, 4) is 5.75 Å². The third kappa shape index (κ3) is 2.35. The first-order valence-electron chi connectivity index (χ1n) is 6.18. The molecule has 0 spiro atoms. The number of aliphatic hydroxyl groups excluding tert-OH is 1. The van der Waals surface area contributed by atoms with Crippen molar-refractivity contribution in [2.75, 3.05) is 7.11 Å². The molecule has 2 aromatic carbocycles. The molecule has 1 unspecified atom stereocenters. The van der Waals surface area contributed by atoms with Gasteiger partial charge in [-0.25, -0.2) is 0 Å². The highest BCUT2D eigenvalue weighted by Crippen LogP contribution is 2.36. The number of thiophene rings is 1. The molecule has 3 aromatic rings. The van der Waals surface area contributed by atoms with Gasteiger partial charge in [0, 0.05) is 20.3 Å². The quantitative estimate of drug-likeness (QED) is 0.739. The van der Waals surface area contributed by atoms with Crippen LogP contribution in [-0.2, 0) is 0 Å². The number of halogens is 1. The van der Waals surface area contributed by atoms with Gasteiger partial charge in [-0.3, -0.25) is 0 Å². The molecule has 0 aliphatic rings. The van der Waals surface area contributed by atoms with Gasteiger partial charge in [-0.15, -0.1) is 11.3 Å². The van der Waals surface area contributed by atoms with Crippen LogP contribution in [0.2, 0.25) is 0 Å². The highest BCUT2D eigenvalue weighted by molar-refractivity contribution is 9.10. The van der Waals surface area contributed by atoms with E-state index >= 15 is 0 Å². The topological polar surface area (TPSA) is 29.5 Å². The molecule has 0 bridgehead atoms. The van der Waals surface area contributed by atoms with E-state index in [1.165, 1.54) is 0 Å². The van der Waals surface area contributed by atoms with Crippen LogP contribution >= 0.6 is 27.3 Å². The number of benzene rings is 2. The summed E-state index contributed by atoms with van der Waals surface area (Å²) in [6.07, 6.45) is -0.694. The van der Waals surface area contributed by atoms with Crippen LogP contribution in [0.3, 0.4) is 0 Å². The minimum Gasteiger partial charge on any atom is -0.496 e. The minimum absolute atomic E-state index is 0.681.